The largest absolute Gasteiger partial charge is 0.481 e. The molecule has 1 N–H and O–H groups in total. The molecule has 1 aliphatic carbocycles. The number of carboxylic acids is 1. The summed E-state index contributed by atoms with van der Waals surface area (Å²) < 4.78 is 1.95. The van der Waals surface area contributed by atoms with Crippen molar-refractivity contribution in [3.05, 3.63) is 36.0 Å². The Kier molecular flexibility index (Phi) is 2.11. The molecule has 1 aromatic carbocycles. The van der Waals surface area contributed by atoms with Crippen LogP contribution in [0.1, 0.15) is 18.4 Å². The quantitative estimate of drug-likeness (QED) is 0.875. The summed E-state index contributed by atoms with van der Waals surface area (Å²) >= 11 is 0. The molecule has 0 radical (unpaired) electrons. The van der Waals surface area contributed by atoms with Gasteiger partial charge in [-0.05, 0) is 23.1 Å². The number of aromatic nitrogens is 1. The zero-order valence-corrected chi connectivity index (χ0v) is 10.0. The highest BCUT2D eigenvalue weighted by atomic mass is 16.4. The van der Waals surface area contributed by atoms with E-state index < -0.39 is 11.4 Å². The van der Waals surface area contributed by atoms with Crippen LogP contribution in [0.15, 0.2) is 30.5 Å². The molecule has 2 aromatic rings. The first-order chi connectivity index (χ1) is 8.53. The summed E-state index contributed by atoms with van der Waals surface area (Å²) in [6.07, 6.45) is 2.16. The minimum Gasteiger partial charge on any atom is -0.481 e. The average molecular weight is 243 g/mol. The van der Waals surface area contributed by atoms with Crippen LogP contribution >= 0.6 is 0 Å². The molecule has 1 aromatic heterocycles. The van der Waals surface area contributed by atoms with E-state index in [1.807, 2.05) is 42.1 Å². The number of Topliss-reactive ketones (excluding diaryl/α,β-unsaturated/α-hetero) is 1. The molecular weight excluding hydrogens is 230 g/mol. The summed E-state index contributed by atoms with van der Waals surface area (Å²) in [4.78, 5) is 22.7. The van der Waals surface area contributed by atoms with Crippen LogP contribution in [0.4, 0.5) is 0 Å². The molecule has 1 saturated carbocycles. The maximum atomic E-state index is 11.4. The Morgan fingerprint density at radius 2 is 2.06 bits per heavy atom. The predicted octanol–water partition coefficient (Wildman–Crippen LogP) is 1.86. The number of carbonyl (C=O) groups excluding carboxylic acids is 1. The van der Waals surface area contributed by atoms with E-state index >= 15 is 0 Å². The molecule has 1 heterocycles. The van der Waals surface area contributed by atoms with Crippen LogP contribution in [0.3, 0.4) is 0 Å². The fourth-order valence-corrected chi connectivity index (χ4v) is 2.66. The van der Waals surface area contributed by atoms with Crippen molar-refractivity contribution >= 4 is 22.7 Å². The van der Waals surface area contributed by atoms with Crippen molar-refractivity contribution in [3.63, 3.8) is 0 Å². The number of carboxylic acid groups (broad SMARTS) is 1. The van der Waals surface area contributed by atoms with Crippen molar-refractivity contribution in [2.24, 2.45) is 7.05 Å². The molecule has 4 heteroatoms. The van der Waals surface area contributed by atoms with E-state index in [0.29, 0.717) is 0 Å². The summed E-state index contributed by atoms with van der Waals surface area (Å²) in [6.45, 7) is 0. The van der Waals surface area contributed by atoms with Crippen LogP contribution in [0.25, 0.3) is 10.9 Å². The molecule has 92 valence electrons. The number of benzene rings is 1. The SMILES string of the molecule is Cn1ccc2ccc(C3(C(=O)O)CC(=O)C3)cc21. The number of hydrogen-bond donors (Lipinski definition) is 1. The second kappa shape index (κ2) is 3.45. The van der Waals surface area contributed by atoms with E-state index in [9.17, 15) is 14.7 Å². The van der Waals surface area contributed by atoms with Gasteiger partial charge in [0, 0.05) is 31.6 Å². The van der Waals surface area contributed by atoms with Gasteiger partial charge in [0.05, 0.1) is 0 Å². The van der Waals surface area contributed by atoms with Crippen LogP contribution in [0, 0.1) is 0 Å². The van der Waals surface area contributed by atoms with E-state index in [-0.39, 0.29) is 18.6 Å². The number of nitrogens with zero attached hydrogens (tertiary/aromatic N) is 1. The minimum atomic E-state index is -1.00. The molecule has 0 bridgehead atoms. The predicted molar refractivity (Wildman–Crippen MR) is 66.5 cm³/mol. The molecule has 0 aliphatic heterocycles. The maximum absolute atomic E-state index is 11.4. The fourth-order valence-electron chi connectivity index (χ4n) is 2.66. The Balaban J connectivity index is 2.15. The van der Waals surface area contributed by atoms with Crippen molar-refractivity contribution in [1.82, 2.24) is 4.57 Å². The lowest BCUT2D eigenvalue weighted by molar-refractivity contribution is -0.153. The summed E-state index contributed by atoms with van der Waals surface area (Å²) in [5, 5.41) is 10.5. The number of aliphatic carboxylic acids is 1. The summed E-state index contributed by atoms with van der Waals surface area (Å²) in [7, 11) is 1.92. The second-order valence-corrected chi connectivity index (χ2v) is 4.98. The van der Waals surface area contributed by atoms with E-state index in [1.54, 1.807) is 0 Å². The molecule has 3 rings (SSSR count). The lowest BCUT2D eigenvalue weighted by Crippen LogP contribution is -2.48. The van der Waals surface area contributed by atoms with Crippen molar-refractivity contribution in [2.45, 2.75) is 18.3 Å². The average Bonchev–Trinajstić information content (AvgIpc) is 2.66. The van der Waals surface area contributed by atoms with Crippen LogP contribution in [0.5, 0.6) is 0 Å². The van der Waals surface area contributed by atoms with Gasteiger partial charge in [-0.3, -0.25) is 9.59 Å². The topological polar surface area (TPSA) is 59.3 Å². The lowest BCUT2D eigenvalue weighted by Gasteiger charge is -2.36. The summed E-state index contributed by atoms with van der Waals surface area (Å²) in [5.41, 5.74) is 0.714. The van der Waals surface area contributed by atoms with Crippen molar-refractivity contribution in [3.8, 4) is 0 Å². The van der Waals surface area contributed by atoms with Crippen LogP contribution in [-0.2, 0) is 22.1 Å². The Hall–Kier alpha value is -2.10. The van der Waals surface area contributed by atoms with Gasteiger partial charge in [0.15, 0.2) is 0 Å². The molecule has 0 amide bonds. The number of ketones is 1. The monoisotopic (exact) mass is 243 g/mol. The molecule has 0 unspecified atom stereocenters. The number of fused-ring (bicyclic) bond motifs is 1. The van der Waals surface area contributed by atoms with Gasteiger partial charge in [0.2, 0.25) is 0 Å². The van der Waals surface area contributed by atoms with Gasteiger partial charge in [-0.25, -0.2) is 0 Å². The van der Waals surface area contributed by atoms with Crippen molar-refractivity contribution in [2.75, 3.05) is 0 Å². The molecule has 0 saturated heterocycles. The normalized spacial score (nSPS) is 17.7. The van der Waals surface area contributed by atoms with E-state index in [2.05, 4.69) is 0 Å². The minimum absolute atomic E-state index is 0.0179. The van der Waals surface area contributed by atoms with Crippen LogP contribution in [0.2, 0.25) is 0 Å². The highest BCUT2D eigenvalue weighted by molar-refractivity contribution is 6.02. The van der Waals surface area contributed by atoms with Gasteiger partial charge in [-0.15, -0.1) is 0 Å². The third kappa shape index (κ3) is 1.32. The number of carbonyl (C=O) groups is 2. The van der Waals surface area contributed by atoms with E-state index in [1.165, 1.54) is 0 Å². The molecule has 1 fully saturated rings. The third-order valence-electron chi connectivity index (χ3n) is 3.85. The number of hydrogen-bond acceptors (Lipinski definition) is 2. The zero-order chi connectivity index (χ0) is 12.9. The third-order valence-corrected chi connectivity index (χ3v) is 3.85. The number of rotatable bonds is 2. The van der Waals surface area contributed by atoms with Crippen LogP contribution in [-0.4, -0.2) is 21.4 Å². The smallest absolute Gasteiger partial charge is 0.315 e. The van der Waals surface area contributed by atoms with Crippen LogP contribution < -0.4 is 0 Å². The van der Waals surface area contributed by atoms with Gasteiger partial charge < -0.3 is 9.67 Å². The fraction of sp³-hybridized carbons (Fsp3) is 0.286. The molecule has 4 nitrogen and oxygen atoms in total. The first kappa shape index (κ1) is 11.0. The standard InChI is InChI=1S/C14H13NO3/c1-15-5-4-9-2-3-10(6-12(9)15)14(13(17)18)7-11(16)8-14/h2-6H,7-8H2,1H3,(H,17,18). The first-order valence-corrected chi connectivity index (χ1v) is 5.84. The molecule has 0 spiro atoms. The van der Waals surface area contributed by atoms with Gasteiger partial charge in [-0.2, -0.15) is 0 Å². The van der Waals surface area contributed by atoms with Gasteiger partial charge in [0.1, 0.15) is 11.2 Å². The molecule has 0 atom stereocenters. The molecule has 18 heavy (non-hydrogen) atoms. The summed E-state index contributed by atoms with van der Waals surface area (Å²) in [6, 6.07) is 7.61. The lowest BCUT2D eigenvalue weighted by atomic mass is 9.63. The summed E-state index contributed by atoms with van der Waals surface area (Å²) in [5.74, 6) is -0.889. The second-order valence-electron chi connectivity index (χ2n) is 4.98. The Bertz CT molecular complexity index is 661. The van der Waals surface area contributed by atoms with Crippen molar-refractivity contribution in [1.29, 1.82) is 0 Å². The first-order valence-electron chi connectivity index (χ1n) is 5.84. The van der Waals surface area contributed by atoms with Gasteiger partial charge in [-0.1, -0.05) is 12.1 Å². The van der Waals surface area contributed by atoms with E-state index in [4.69, 9.17) is 0 Å². The molecule has 1 aliphatic rings. The maximum Gasteiger partial charge on any atom is 0.315 e. The van der Waals surface area contributed by atoms with E-state index in [0.717, 1.165) is 16.5 Å². The van der Waals surface area contributed by atoms with Gasteiger partial charge in [0.25, 0.3) is 0 Å². The Morgan fingerprint density at radius 1 is 1.33 bits per heavy atom. The molecular formula is C14H13NO3. The highest BCUT2D eigenvalue weighted by Crippen LogP contribution is 2.42. The van der Waals surface area contributed by atoms with Crippen molar-refractivity contribution < 1.29 is 14.7 Å². The number of aryl methyl sites for hydroxylation is 1. The Morgan fingerprint density at radius 3 is 2.67 bits per heavy atom. The zero-order valence-electron chi connectivity index (χ0n) is 10.0. The highest BCUT2D eigenvalue weighted by Gasteiger charge is 2.51. The Labute approximate surface area is 104 Å². The van der Waals surface area contributed by atoms with Gasteiger partial charge >= 0.3 is 5.97 Å².